The topological polar surface area (TPSA) is 69.7 Å². The number of ketones is 1. The van der Waals surface area contributed by atoms with Crippen LogP contribution in [0.5, 0.6) is 0 Å². The number of nitrogens with one attached hydrogen (secondary N) is 1. The van der Waals surface area contributed by atoms with Gasteiger partial charge in [0, 0.05) is 61.9 Å². The van der Waals surface area contributed by atoms with E-state index in [9.17, 15) is 14.4 Å². The van der Waals surface area contributed by atoms with Gasteiger partial charge in [-0.1, -0.05) is 43.2 Å². The van der Waals surface area contributed by atoms with E-state index in [0.717, 1.165) is 56.7 Å². The van der Waals surface area contributed by atoms with Crippen LogP contribution in [0, 0.1) is 5.92 Å². The fraction of sp³-hybridized carbons (Fsp3) is 0.423. The molecular formula is C26H29N3O3. The van der Waals surface area contributed by atoms with Crippen molar-refractivity contribution in [3.8, 4) is 11.1 Å². The van der Waals surface area contributed by atoms with Crippen LogP contribution in [0.3, 0.4) is 0 Å². The highest BCUT2D eigenvalue weighted by molar-refractivity contribution is 6.22. The SMILES string of the molecule is O=C(NCCN1CCN(C(=O)C2CCCC2)CC1)c1ccc2c(c1)C(=O)c1ccccc1-2. The van der Waals surface area contributed by atoms with E-state index in [4.69, 9.17) is 0 Å². The largest absolute Gasteiger partial charge is 0.351 e. The van der Waals surface area contributed by atoms with Gasteiger partial charge in [-0.3, -0.25) is 19.3 Å². The van der Waals surface area contributed by atoms with Gasteiger partial charge in [0.05, 0.1) is 0 Å². The van der Waals surface area contributed by atoms with Gasteiger partial charge in [0.15, 0.2) is 5.78 Å². The fourth-order valence-electron chi connectivity index (χ4n) is 5.22. The number of benzene rings is 2. The van der Waals surface area contributed by atoms with Crippen molar-refractivity contribution < 1.29 is 14.4 Å². The number of nitrogens with zero attached hydrogens (tertiary/aromatic N) is 2. The summed E-state index contributed by atoms with van der Waals surface area (Å²) in [5.74, 6) is 0.401. The molecule has 2 fully saturated rings. The van der Waals surface area contributed by atoms with Crippen molar-refractivity contribution in [3.05, 3.63) is 59.2 Å². The molecule has 2 aromatic carbocycles. The van der Waals surface area contributed by atoms with Crippen LogP contribution in [-0.2, 0) is 4.79 Å². The molecule has 1 saturated heterocycles. The molecule has 3 aliphatic rings. The Labute approximate surface area is 188 Å². The molecule has 0 radical (unpaired) electrons. The van der Waals surface area contributed by atoms with E-state index < -0.39 is 0 Å². The van der Waals surface area contributed by atoms with E-state index >= 15 is 0 Å². The zero-order valence-electron chi connectivity index (χ0n) is 18.3. The Morgan fingerprint density at radius 2 is 1.56 bits per heavy atom. The van der Waals surface area contributed by atoms with Crippen molar-refractivity contribution in [2.75, 3.05) is 39.3 Å². The summed E-state index contributed by atoms with van der Waals surface area (Å²) in [5.41, 5.74) is 3.64. The maximum atomic E-state index is 12.7. The molecule has 1 saturated carbocycles. The van der Waals surface area contributed by atoms with Crippen LogP contribution in [0.4, 0.5) is 0 Å². The third kappa shape index (κ3) is 3.95. The molecule has 1 N–H and O–H groups in total. The summed E-state index contributed by atoms with van der Waals surface area (Å²) in [7, 11) is 0. The molecule has 2 aromatic rings. The Balaban J connectivity index is 1.11. The summed E-state index contributed by atoms with van der Waals surface area (Å²) in [6.07, 6.45) is 4.46. The lowest BCUT2D eigenvalue weighted by Gasteiger charge is -2.36. The predicted molar refractivity (Wildman–Crippen MR) is 123 cm³/mol. The molecular weight excluding hydrogens is 402 g/mol. The summed E-state index contributed by atoms with van der Waals surface area (Å²) in [6.45, 7) is 4.54. The van der Waals surface area contributed by atoms with Gasteiger partial charge < -0.3 is 10.2 Å². The fourth-order valence-corrected chi connectivity index (χ4v) is 5.22. The Hall–Kier alpha value is -2.99. The summed E-state index contributed by atoms with van der Waals surface area (Å²) < 4.78 is 0. The standard InChI is InChI=1S/C26H29N3O3/c30-24-22-8-4-3-7-20(22)21-10-9-19(17-23(21)24)25(31)27-11-12-28-13-15-29(16-14-28)26(32)18-5-1-2-6-18/h3-4,7-10,17-18H,1-2,5-6,11-16H2,(H,27,31). The lowest BCUT2D eigenvalue weighted by Crippen LogP contribution is -2.51. The number of hydrogen-bond acceptors (Lipinski definition) is 4. The molecule has 0 bridgehead atoms. The van der Waals surface area contributed by atoms with Crippen LogP contribution < -0.4 is 5.32 Å². The van der Waals surface area contributed by atoms with Crippen LogP contribution >= 0.6 is 0 Å². The van der Waals surface area contributed by atoms with Crippen molar-refractivity contribution in [3.63, 3.8) is 0 Å². The maximum Gasteiger partial charge on any atom is 0.251 e. The first-order valence-corrected chi connectivity index (χ1v) is 11.7. The summed E-state index contributed by atoms with van der Waals surface area (Å²) in [4.78, 5) is 42.2. The normalized spacial score (nSPS) is 18.5. The maximum absolute atomic E-state index is 12.7. The van der Waals surface area contributed by atoms with Gasteiger partial charge in [-0.05, 0) is 36.1 Å². The van der Waals surface area contributed by atoms with Crippen molar-refractivity contribution in [2.24, 2.45) is 5.92 Å². The second kappa shape index (κ2) is 8.87. The van der Waals surface area contributed by atoms with Gasteiger partial charge in [0.25, 0.3) is 5.91 Å². The second-order valence-corrected chi connectivity index (χ2v) is 9.04. The summed E-state index contributed by atoms with van der Waals surface area (Å²) >= 11 is 0. The van der Waals surface area contributed by atoms with Crippen molar-refractivity contribution in [2.45, 2.75) is 25.7 Å². The van der Waals surface area contributed by atoms with Gasteiger partial charge in [-0.2, -0.15) is 0 Å². The molecule has 0 unspecified atom stereocenters. The van der Waals surface area contributed by atoms with Gasteiger partial charge >= 0.3 is 0 Å². The van der Waals surface area contributed by atoms with E-state index in [1.165, 1.54) is 12.8 Å². The number of carbonyl (C=O) groups is 3. The number of piperazine rings is 1. The minimum atomic E-state index is -0.161. The number of amides is 2. The Morgan fingerprint density at radius 1 is 0.875 bits per heavy atom. The van der Waals surface area contributed by atoms with Crippen molar-refractivity contribution in [1.29, 1.82) is 0 Å². The third-order valence-corrected chi connectivity index (χ3v) is 7.09. The van der Waals surface area contributed by atoms with Gasteiger partial charge in [0.2, 0.25) is 5.91 Å². The first kappa shape index (κ1) is 20.9. The van der Waals surface area contributed by atoms with E-state index in [0.29, 0.717) is 29.1 Å². The van der Waals surface area contributed by atoms with Crippen molar-refractivity contribution in [1.82, 2.24) is 15.1 Å². The number of carbonyl (C=O) groups excluding carboxylic acids is 3. The Morgan fingerprint density at radius 3 is 2.31 bits per heavy atom. The monoisotopic (exact) mass is 431 g/mol. The lowest BCUT2D eigenvalue weighted by molar-refractivity contribution is -0.137. The third-order valence-electron chi connectivity index (χ3n) is 7.09. The molecule has 1 heterocycles. The van der Waals surface area contributed by atoms with Gasteiger partial charge in [0.1, 0.15) is 0 Å². The Kier molecular flexibility index (Phi) is 5.79. The first-order chi connectivity index (χ1) is 15.6. The molecule has 6 heteroatoms. The van der Waals surface area contributed by atoms with Crippen molar-refractivity contribution >= 4 is 17.6 Å². The predicted octanol–water partition coefficient (Wildman–Crippen LogP) is 2.96. The average Bonchev–Trinajstić information content (AvgIpc) is 3.47. The second-order valence-electron chi connectivity index (χ2n) is 9.04. The number of fused-ring (bicyclic) bond motifs is 3. The number of hydrogen-bond donors (Lipinski definition) is 1. The molecule has 6 nitrogen and oxygen atoms in total. The van der Waals surface area contributed by atoms with Crippen LogP contribution in [-0.4, -0.2) is 66.7 Å². The molecule has 166 valence electrons. The molecule has 2 amide bonds. The summed E-state index contributed by atoms with van der Waals surface area (Å²) in [6, 6.07) is 12.9. The smallest absolute Gasteiger partial charge is 0.251 e. The molecule has 0 aromatic heterocycles. The Bertz CT molecular complexity index is 1050. The highest BCUT2D eigenvalue weighted by Gasteiger charge is 2.29. The van der Waals surface area contributed by atoms with E-state index in [-0.39, 0.29) is 17.6 Å². The minimum Gasteiger partial charge on any atom is -0.351 e. The quantitative estimate of drug-likeness (QED) is 0.674. The highest BCUT2D eigenvalue weighted by Crippen LogP contribution is 2.36. The molecule has 32 heavy (non-hydrogen) atoms. The lowest BCUT2D eigenvalue weighted by atomic mass is 10.0. The molecule has 1 aliphatic heterocycles. The van der Waals surface area contributed by atoms with Crippen LogP contribution in [0.25, 0.3) is 11.1 Å². The minimum absolute atomic E-state index is 0.0183. The molecule has 2 aliphatic carbocycles. The molecule has 0 atom stereocenters. The molecule has 0 spiro atoms. The zero-order valence-corrected chi connectivity index (χ0v) is 18.3. The molecule has 5 rings (SSSR count). The zero-order chi connectivity index (χ0) is 22.1. The van der Waals surface area contributed by atoms with Crippen LogP contribution in [0.15, 0.2) is 42.5 Å². The highest BCUT2D eigenvalue weighted by atomic mass is 16.2. The number of rotatable bonds is 5. The summed E-state index contributed by atoms with van der Waals surface area (Å²) in [5, 5.41) is 2.98. The van der Waals surface area contributed by atoms with Gasteiger partial charge in [-0.25, -0.2) is 0 Å². The first-order valence-electron chi connectivity index (χ1n) is 11.7. The van der Waals surface area contributed by atoms with Crippen LogP contribution in [0.1, 0.15) is 52.0 Å². The van der Waals surface area contributed by atoms with E-state index in [1.807, 2.05) is 35.2 Å². The van der Waals surface area contributed by atoms with Gasteiger partial charge in [-0.15, -0.1) is 0 Å². The van der Waals surface area contributed by atoms with Crippen LogP contribution in [0.2, 0.25) is 0 Å². The van der Waals surface area contributed by atoms with E-state index in [1.54, 1.807) is 12.1 Å². The van der Waals surface area contributed by atoms with E-state index in [2.05, 4.69) is 10.2 Å². The average molecular weight is 432 g/mol.